The highest BCUT2D eigenvalue weighted by molar-refractivity contribution is 7.71. The Bertz CT molecular complexity index is 1310. The highest BCUT2D eigenvalue weighted by atomic mass is 32.1. The van der Waals surface area contributed by atoms with Crippen molar-refractivity contribution in [3.05, 3.63) is 58.3 Å². The summed E-state index contributed by atoms with van der Waals surface area (Å²) in [5, 5.41) is 3.03. The summed E-state index contributed by atoms with van der Waals surface area (Å²) in [6, 6.07) is 9.59. The Balaban J connectivity index is 1.68. The van der Waals surface area contributed by atoms with Crippen molar-refractivity contribution in [2.45, 2.75) is 51.8 Å². The molecule has 3 aromatic rings. The Morgan fingerprint density at radius 3 is 2.82 bits per heavy atom. The number of hydrogen-bond acceptors (Lipinski definition) is 5. The third-order valence-corrected chi connectivity index (χ3v) is 6.41. The van der Waals surface area contributed by atoms with Gasteiger partial charge in [-0.15, -0.1) is 0 Å². The maximum atomic E-state index is 12.3. The number of nitrogens with one attached hydrogen (secondary N) is 1. The molecule has 34 heavy (non-hydrogen) atoms. The van der Waals surface area contributed by atoms with Gasteiger partial charge in [0.2, 0.25) is 0 Å². The number of ether oxygens (including phenoxy) is 1. The minimum absolute atomic E-state index is 0.0187. The van der Waals surface area contributed by atoms with Crippen LogP contribution in [0, 0.1) is 11.3 Å². The summed E-state index contributed by atoms with van der Waals surface area (Å²) in [6.45, 7) is 15.1. The van der Waals surface area contributed by atoms with Gasteiger partial charge in [0.15, 0.2) is 16.1 Å². The average Bonchev–Trinajstić information content (AvgIpc) is 3.03. The molecule has 8 nitrogen and oxygen atoms in total. The number of hydrogen-bond donors (Lipinski definition) is 1. The Labute approximate surface area is 205 Å². The SMILES string of the molecule is [C-]#[N+]c1ccccc1Cn1c(=S)n(C)c2nccc(N3CCC[C@@H](NC(=O)OC(C)(C)C)C3)c21. The molecule has 2 aromatic heterocycles. The summed E-state index contributed by atoms with van der Waals surface area (Å²) < 4.78 is 10.1. The van der Waals surface area contributed by atoms with Crippen LogP contribution in [-0.2, 0) is 18.3 Å². The Hall–Kier alpha value is -3.38. The first kappa shape index (κ1) is 23.8. The van der Waals surface area contributed by atoms with E-state index in [2.05, 4.69) is 24.6 Å². The average molecular weight is 479 g/mol. The van der Waals surface area contributed by atoms with E-state index in [0.29, 0.717) is 23.5 Å². The molecule has 1 N–H and O–H groups in total. The number of nitrogens with zero attached hydrogens (tertiary/aromatic N) is 5. The number of piperidine rings is 1. The van der Waals surface area contributed by atoms with Crippen LogP contribution in [0.25, 0.3) is 16.0 Å². The normalized spacial score (nSPS) is 16.3. The molecule has 0 aliphatic carbocycles. The van der Waals surface area contributed by atoms with E-state index in [-0.39, 0.29) is 6.04 Å². The molecule has 1 amide bonds. The highest BCUT2D eigenvalue weighted by Gasteiger charge is 2.26. The molecule has 1 atom stereocenters. The molecule has 1 aromatic carbocycles. The number of imidazole rings is 1. The van der Waals surface area contributed by atoms with Gasteiger partial charge in [-0.3, -0.25) is 0 Å². The molecule has 4 rings (SSSR count). The van der Waals surface area contributed by atoms with Crippen molar-refractivity contribution in [2.75, 3.05) is 18.0 Å². The van der Waals surface area contributed by atoms with Crippen LogP contribution in [0.1, 0.15) is 39.2 Å². The number of rotatable bonds is 4. The Morgan fingerprint density at radius 2 is 2.09 bits per heavy atom. The van der Waals surface area contributed by atoms with Crippen molar-refractivity contribution in [2.24, 2.45) is 7.05 Å². The fourth-order valence-electron chi connectivity index (χ4n) is 4.42. The van der Waals surface area contributed by atoms with Crippen LogP contribution in [0.2, 0.25) is 0 Å². The number of amides is 1. The van der Waals surface area contributed by atoms with Gasteiger partial charge in [-0.1, -0.05) is 24.3 Å². The molecule has 1 aliphatic rings. The van der Waals surface area contributed by atoms with Crippen molar-refractivity contribution >= 4 is 40.8 Å². The molecule has 0 unspecified atom stereocenters. The predicted octanol–water partition coefficient (Wildman–Crippen LogP) is 5.20. The number of aromatic nitrogens is 3. The molecule has 0 radical (unpaired) electrons. The number of fused-ring (bicyclic) bond motifs is 1. The van der Waals surface area contributed by atoms with Crippen LogP contribution in [0.15, 0.2) is 36.5 Å². The lowest BCUT2D eigenvalue weighted by Crippen LogP contribution is -2.49. The Kier molecular flexibility index (Phi) is 6.62. The van der Waals surface area contributed by atoms with E-state index < -0.39 is 11.7 Å². The number of anilines is 1. The second-order valence-corrected chi connectivity index (χ2v) is 9.97. The first-order valence-electron chi connectivity index (χ1n) is 11.4. The summed E-state index contributed by atoms with van der Waals surface area (Å²) in [4.78, 5) is 22.9. The van der Waals surface area contributed by atoms with Gasteiger partial charge in [-0.25, -0.2) is 14.6 Å². The summed E-state index contributed by atoms with van der Waals surface area (Å²) in [6.07, 6.45) is 3.24. The largest absolute Gasteiger partial charge is 0.444 e. The van der Waals surface area contributed by atoms with Gasteiger partial charge in [-0.05, 0) is 57.5 Å². The van der Waals surface area contributed by atoms with E-state index in [0.717, 1.165) is 41.8 Å². The predicted molar refractivity (Wildman–Crippen MR) is 136 cm³/mol. The molecule has 1 fully saturated rings. The smallest absolute Gasteiger partial charge is 0.407 e. The monoisotopic (exact) mass is 478 g/mol. The summed E-state index contributed by atoms with van der Waals surface area (Å²) in [5.41, 5.74) is 3.75. The van der Waals surface area contributed by atoms with E-state index in [1.54, 1.807) is 6.20 Å². The molecule has 0 spiro atoms. The zero-order valence-corrected chi connectivity index (χ0v) is 20.9. The third-order valence-electron chi connectivity index (χ3n) is 5.91. The highest BCUT2D eigenvalue weighted by Crippen LogP contribution is 2.31. The molecule has 3 heterocycles. The van der Waals surface area contributed by atoms with Gasteiger partial charge in [0, 0.05) is 38.9 Å². The molecule has 0 saturated carbocycles. The van der Waals surface area contributed by atoms with Crippen LogP contribution >= 0.6 is 12.2 Å². The van der Waals surface area contributed by atoms with E-state index in [1.165, 1.54) is 0 Å². The van der Waals surface area contributed by atoms with Gasteiger partial charge in [0.05, 0.1) is 12.3 Å². The van der Waals surface area contributed by atoms with Crippen LogP contribution in [-0.4, -0.2) is 44.9 Å². The van der Waals surface area contributed by atoms with Crippen LogP contribution in [0.3, 0.4) is 0 Å². The molecular weight excluding hydrogens is 448 g/mol. The van der Waals surface area contributed by atoms with Crippen molar-refractivity contribution in [1.82, 2.24) is 19.4 Å². The second-order valence-electron chi connectivity index (χ2n) is 9.60. The zero-order valence-electron chi connectivity index (χ0n) is 20.0. The van der Waals surface area contributed by atoms with Crippen LogP contribution < -0.4 is 10.2 Å². The topological polar surface area (TPSA) is 68.7 Å². The van der Waals surface area contributed by atoms with E-state index >= 15 is 0 Å². The maximum absolute atomic E-state index is 12.3. The molecular formula is C25H30N6O2S. The molecule has 9 heteroatoms. The van der Waals surface area contributed by atoms with Crippen LogP contribution in [0.4, 0.5) is 16.2 Å². The van der Waals surface area contributed by atoms with Crippen LogP contribution in [0.5, 0.6) is 0 Å². The van der Waals surface area contributed by atoms with Gasteiger partial charge >= 0.3 is 6.09 Å². The van der Waals surface area contributed by atoms with Gasteiger partial charge in [-0.2, -0.15) is 0 Å². The fourth-order valence-corrected chi connectivity index (χ4v) is 4.66. The van der Waals surface area contributed by atoms with E-state index in [4.69, 9.17) is 23.5 Å². The minimum Gasteiger partial charge on any atom is -0.444 e. The zero-order chi connectivity index (χ0) is 24.5. The standard InChI is InChI=1S/C25H30N6O2S/c1-25(2,3)33-23(32)28-18-10-8-14-30(16-18)20-12-13-27-22-21(20)31(24(34)29(22)5)15-17-9-6-7-11-19(17)26-4/h6-7,9,11-13,18H,8,10,14-16H2,1-3,5H3,(H,28,32)/t18-/m1/s1. The van der Waals surface area contributed by atoms with E-state index in [1.807, 2.05) is 62.7 Å². The van der Waals surface area contributed by atoms with Gasteiger partial charge in [0.25, 0.3) is 0 Å². The van der Waals surface area contributed by atoms with Gasteiger partial charge < -0.3 is 24.1 Å². The maximum Gasteiger partial charge on any atom is 0.407 e. The number of alkyl carbamates (subject to hydrolysis) is 1. The number of benzene rings is 1. The number of carbonyl (C=O) groups is 1. The van der Waals surface area contributed by atoms with E-state index in [9.17, 15) is 4.79 Å². The molecule has 0 bridgehead atoms. The second kappa shape index (κ2) is 9.47. The molecule has 178 valence electrons. The number of pyridine rings is 1. The first-order valence-corrected chi connectivity index (χ1v) is 11.8. The first-order chi connectivity index (χ1) is 16.2. The van der Waals surface area contributed by atoms with Gasteiger partial charge in [0.1, 0.15) is 11.1 Å². The minimum atomic E-state index is -0.535. The summed E-state index contributed by atoms with van der Waals surface area (Å²) in [7, 11) is 1.92. The van der Waals surface area contributed by atoms with Crippen molar-refractivity contribution < 1.29 is 9.53 Å². The lowest BCUT2D eigenvalue weighted by molar-refractivity contribution is 0.0500. The molecule has 1 aliphatic heterocycles. The summed E-state index contributed by atoms with van der Waals surface area (Å²) >= 11 is 5.78. The van der Waals surface area contributed by atoms with Crippen molar-refractivity contribution in [3.63, 3.8) is 0 Å². The third kappa shape index (κ3) is 4.92. The van der Waals surface area contributed by atoms with Crippen molar-refractivity contribution in [3.8, 4) is 0 Å². The number of para-hydroxylation sites is 1. The number of carbonyl (C=O) groups excluding carboxylic acids is 1. The van der Waals surface area contributed by atoms with Crippen molar-refractivity contribution in [1.29, 1.82) is 0 Å². The molecule has 1 saturated heterocycles. The lowest BCUT2D eigenvalue weighted by atomic mass is 10.0. The Morgan fingerprint density at radius 1 is 1.32 bits per heavy atom. The quantitative estimate of drug-likeness (QED) is 0.413. The number of aryl methyl sites for hydroxylation is 1. The summed E-state index contributed by atoms with van der Waals surface area (Å²) in [5.74, 6) is 0. The lowest BCUT2D eigenvalue weighted by Gasteiger charge is -2.35. The fraction of sp³-hybridized carbons (Fsp3) is 0.440.